The van der Waals surface area contributed by atoms with E-state index >= 15 is 0 Å². The van der Waals surface area contributed by atoms with Crippen LogP contribution >= 0.6 is 0 Å². The monoisotopic (exact) mass is 770 g/mol. The molecule has 1 aliphatic rings. The summed E-state index contributed by atoms with van der Waals surface area (Å²) in [7, 11) is 0. The molecule has 11 rings (SSSR count). The molecule has 0 radical (unpaired) electrons. The van der Waals surface area contributed by atoms with E-state index in [0.29, 0.717) is 0 Å². The summed E-state index contributed by atoms with van der Waals surface area (Å²) in [5.74, 6) is 1.78. The van der Waals surface area contributed by atoms with Crippen molar-refractivity contribution in [2.75, 3.05) is 4.90 Å². The Kier molecular flexibility index (Phi) is 8.49. The fourth-order valence-corrected chi connectivity index (χ4v) is 9.18. The first-order valence-corrected chi connectivity index (χ1v) is 20.7. The van der Waals surface area contributed by atoms with Gasteiger partial charge in [0, 0.05) is 56.1 Å². The Labute approximate surface area is 351 Å². The van der Waals surface area contributed by atoms with Crippen molar-refractivity contribution in [1.29, 1.82) is 0 Å². The second-order valence-electron chi connectivity index (χ2n) is 16.2. The van der Waals surface area contributed by atoms with Crippen LogP contribution in [0.1, 0.15) is 25.0 Å². The molecule has 1 aromatic heterocycles. The highest BCUT2D eigenvalue weighted by atomic mass is 16.5. The van der Waals surface area contributed by atoms with E-state index in [1.165, 1.54) is 49.6 Å². The van der Waals surface area contributed by atoms with E-state index in [4.69, 9.17) is 4.74 Å². The third-order valence-corrected chi connectivity index (χ3v) is 12.2. The number of ether oxygens (including phenoxy) is 1. The maximum Gasteiger partial charge on any atom is 0.133 e. The zero-order valence-corrected chi connectivity index (χ0v) is 33.6. The van der Waals surface area contributed by atoms with Gasteiger partial charge in [0.1, 0.15) is 11.5 Å². The molecule has 0 fully saturated rings. The number of anilines is 3. The van der Waals surface area contributed by atoms with Gasteiger partial charge in [-0.1, -0.05) is 153 Å². The zero-order valence-electron chi connectivity index (χ0n) is 33.6. The molecule has 2 heterocycles. The summed E-state index contributed by atoms with van der Waals surface area (Å²) in [5, 5.41) is 2.48. The van der Waals surface area contributed by atoms with Crippen LogP contribution in [0, 0.1) is 0 Å². The molecule has 0 aliphatic carbocycles. The molecule has 286 valence electrons. The van der Waals surface area contributed by atoms with Gasteiger partial charge in [0.25, 0.3) is 0 Å². The van der Waals surface area contributed by atoms with Crippen molar-refractivity contribution in [1.82, 2.24) is 4.57 Å². The molecular formula is C57H42N2O. The second kappa shape index (κ2) is 14.3. The maximum absolute atomic E-state index is 6.71. The first-order valence-electron chi connectivity index (χ1n) is 20.7. The van der Waals surface area contributed by atoms with Crippen LogP contribution < -0.4 is 9.64 Å². The van der Waals surface area contributed by atoms with E-state index in [2.05, 4.69) is 242 Å². The number of benzene rings is 9. The SMILES string of the molecule is CC1(C)c2ccccc2Oc2cc(N(c3ccc(-c4ccc5c(c4)c4ccccc4n5-c4ccccc4)cc3)c3cc(-c4ccccc4)cc(-c4ccccc4)c3)ccc21. The van der Waals surface area contributed by atoms with Crippen LogP contribution in [0.2, 0.25) is 0 Å². The van der Waals surface area contributed by atoms with E-state index in [9.17, 15) is 0 Å². The van der Waals surface area contributed by atoms with Crippen molar-refractivity contribution >= 4 is 38.9 Å². The number of rotatable bonds is 7. The Bertz CT molecular complexity index is 3130. The van der Waals surface area contributed by atoms with E-state index in [0.717, 1.165) is 50.9 Å². The maximum atomic E-state index is 6.71. The first kappa shape index (κ1) is 35.5. The highest BCUT2D eigenvalue weighted by Gasteiger charge is 2.34. The van der Waals surface area contributed by atoms with Crippen LogP contribution in [0.15, 0.2) is 218 Å². The van der Waals surface area contributed by atoms with Gasteiger partial charge in [-0.15, -0.1) is 0 Å². The summed E-state index contributed by atoms with van der Waals surface area (Å²) in [6.07, 6.45) is 0. The summed E-state index contributed by atoms with van der Waals surface area (Å²) in [4.78, 5) is 2.37. The molecule has 0 saturated heterocycles. The normalized spacial score (nSPS) is 12.8. The Hall–Kier alpha value is -7.62. The topological polar surface area (TPSA) is 17.4 Å². The lowest BCUT2D eigenvalue weighted by Crippen LogP contribution is -2.24. The van der Waals surface area contributed by atoms with Gasteiger partial charge in [0.15, 0.2) is 0 Å². The fraction of sp³-hybridized carbons (Fsp3) is 0.0526. The lowest BCUT2D eigenvalue weighted by atomic mass is 9.76. The lowest BCUT2D eigenvalue weighted by molar-refractivity contribution is 0.418. The van der Waals surface area contributed by atoms with Gasteiger partial charge in [-0.3, -0.25) is 0 Å². The molecule has 0 unspecified atom stereocenters. The van der Waals surface area contributed by atoms with Crippen LogP contribution in [-0.4, -0.2) is 4.57 Å². The van der Waals surface area contributed by atoms with Gasteiger partial charge in [0.2, 0.25) is 0 Å². The Morgan fingerprint density at radius 1 is 0.367 bits per heavy atom. The highest BCUT2D eigenvalue weighted by molar-refractivity contribution is 6.10. The predicted molar refractivity (Wildman–Crippen MR) is 250 cm³/mol. The molecule has 3 heteroatoms. The number of hydrogen-bond acceptors (Lipinski definition) is 2. The molecule has 0 saturated carbocycles. The van der Waals surface area contributed by atoms with Gasteiger partial charge in [0.05, 0.1) is 11.0 Å². The molecule has 0 spiro atoms. The van der Waals surface area contributed by atoms with Crippen LogP contribution in [0.5, 0.6) is 11.5 Å². The van der Waals surface area contributed by atoms with Crippen LogP contribution in [-0.2, 0) is 5.41 Å². The average Bonchev–Trinajstić information content (AvgIpc) is 3.64. The summed E-state index contributed by atoms with van der Waals surface area (Å²) in [6, 6.07) is 78.6. The predicted octanol–water partition coefficient (Wildman–Crippen LogP) is 15.7. The van der Waals surface area contributed by atoms with Gasteiger partial charge >= 0.3 is 0 Å². The van der Waals surface area contributed by atoms with E-state index in [-0.39, 0.29) is 5.41 Å². The van der Waals surface area contributed by atoms with Gasteiger partial charge in [-0.2, -0.15) is 0 Å². The van der Waals surface area contributed by atoms with Crippen molar-refractivity contribution in [2.24, 2.45) is 0 Å². The minimum absolute atomic E-state index is 0.211. The van der Waals surface area contributed by atoms with Crippen molar-refractivity contribution in [3.63, 3.8) is 0 Å². The molecule has 0 amide bonds. The summed E-state index contributed by atoms with van der Waals surface area (Å²) < 4.78 is 9.07. The molecular weight excluding hydrogens is 729 g/mol. The Morgan fingerprint density at radius 3 is 1.63 bits per heavy atom. The Morgan fingerprint density at radius 2 is 0.917 bits per heavy atom. The third kappa shape index (κ3) is 6.06. The van der Waals surface area contributed by atoms with E-state index < -0.39 is 0 Å². The second-order valence-corrected chi connectivity index (χ2v) is 16.2. The quantitative estimate of drug-likeness (QED) is 0.161. The Balaban J connectivity index is 1.06. The summed E-state index contributed by atoms with van der Waals surface area (Å²) >= 11 is 0. The highest BCUT2D eigenvalue weighted by Crippen LogP contribution is 2.50. The van der Waals surface area contributed by atoms with Crippen molar-refractivity contribution in [2.45, 2.75) is 19.3 Å². The van der Waals surface area contributed by atoms with E-state index in [1.54, 1.807) is 0 Å². The van der Waals surface area contributed by atoms with Crippen molar-refractivity contribution in [3.8, 4) is 50.6 Å². The smallest absolute Gasteiger partial charge is 0.133 e. The first-order chi connectivity index (χ1) is 29.5. The molecule has 0 bridgehead atoms. The third-order valence-electron chi connectivity index (χ3n) is 12.2. The molecule has 3 nitrogen and oxygen atoms in total. The largest absolute Gasteiger partial charge is 0.457 e. The molecule has 9 aromatic carbocycles. The number of para-hydroxylation sites is 3. The molecule has 0 N–H and O–H groups in total. The van der Waals surface area contributed by atoms with Gasteiger partial charge in [-0.25, -0.2) is 0 Å². The molecule has 10 aromatic rings. The van der Waals surface area contributed by atoms with E-state index in [1.807, 2.05) is 0 Å². The van der Waals surface area contributed by atoms with Gasteiger partial charge in [-0.05, 0) is 106 Å². The molecule has 0 atom stereocenters. The van der Waals surface area contributed by atoms with Gasteiger partial charge < -0.3 is 14.2 Å². The summed E-state index contributed by atoms with van der Waals surface area (Å²) in [6.45, 7) is 4.57. The summed E-state index contributed by atoms with van der Waals surface area (Å²) in [5.41, 5.74) is 15.8. The minimum Gasteiger partial charge on any atom is -0.457 e. The number of nitrogens with zero attached hydrogens (tertiary/aromatic N) is 2. The number of fused-ring (bicyclic) bond motifs is 5. The molecule has 60 heavy (non-hydrogen) atoms. The van der Waals surface area contributed by atoms with Crippen LogP contribution in [0.3, 0.4) is 0 Å². The zero-order chi connectivity index (χ0) is 40.2. The lowest BCUT2D eigenvalue weighted by Gasteiger charge is -2.35. The standard InChI is InChI=1S/C57H42N2O/c1-57(2)51-23-13-15-25-55(51)60-56-38-47(31-32-52(56)57)58(48-35-43(39-16-6-3-7-17-39)34-44(36-48)40-18-8-4-9-19-40)46-29-26-41(27-30-46)42-28-33-54-50(37-42)49-22-12-14-24-53(49)59(54)45-20-10-5-11-21-45/h3-38H,1-2H3. The number of hydrogen-bond donors (Lipinski definition) is 0. The minimum atomic E-state index is -0.211. The van der Waals surface area contributed by atoms with Crippen LogP contribution in [0.4, 0.5) is 17.1 Å². The fourth-order valence-electron chi connectivity index (χ4n) is 9.18. The molecule has 1 aliphatic heterocycles. The average molecular weight is 771 g/mol. The number of aromatic nitrogens is 1. The van der Waals surface area contributed by atoms with Crippen LogP contribution in [0.25, 0.3) is 60.9 Å². The van der Waals surface area contributed by atoms with Crippen molar-refractivity contribution in [3.05, 3.63) is 230 Å². The van der Waals surface area contributed by atoms with Crippen molar-refractivity contribution < 1.29 is 4.74 Å².